The number of nitrogens with zero attached hydrogens (tertiary/aromatic N) is 1. The predicted molar refractivity (Wildman–Crippen MR) is 91.6 cm³/mol. The summed E-state index contributed by atoms with van der Waals surface area (Å²) in [6.45, 7) is 5.98. The summed E-state index contributed by atoms with van der Waals surface area (Å²) in [5.74, 6) is 0.967. The van der Waals surface area contributed by atoms with Crippen LogP contribution < -0.4 is 15.0 Å². The molecule has 116 valence electrons. The minimum atomic E-state index is 0.885. The fourth-order valence-electron chi connectivity index (χ4n) is 3.06. The first-order valence-corrected chi connectivity index (χ1v) is 8.01. The molecule has 0 bridgehead atoms. The van der Waals surface area contributed by atoms with Crippen molar-refractivity contribution < 1.29 is 4.74 Å². The van der Waals surface area contributed by atoms with Crippen LogP contribution >= 0.6 is 0 Å². The van der Waals surface area contributed by atoms with Gasteiger partial charge in [-0.3, -0.25) is 0 Å². The number of rotatable bonds is 5. The Bertz CT molecular complexity index is 639. The summed E-state index contributed by atoms with van der Waals surface area (Å²) in [6, 6.07) is 15.3. The molecular weight excluding hydrogens is 272 g/mol. The molecule has 0 atom stereocenters. The molecule has 0 aliphatic carbocycles. The number of ether oxygens (including phenoxy) is 1. The van der Waals surface area contributed by atoms with Crippen molar-refractivity contribution in [1.82, 2.24) is 5.32 Å². The molecule has 2 aromatic rings. The van der Waals surface area contributed by atoms with Crippen molar-refractivity contribution in [2.24, 2.45) is 0 Å². The lowest BCUT2D eigenvalue weighted by Gasteiger charge is -2.32. The van der Waals surface area contributed by atoms with Crippen LogP contribution in [0.4, 0.5) is 5.69 Å². The van der Waals surface area contributed by atoms with Crippen LogP contribution in [0.5, 0.6) is 5.75 Å². The van der Waals surface area contributed by atoms with Crippen molar-refractivity contribution in [1.29, 1.82) is 0 Å². The summed E-state index contributed by atoms with van der Waals surface area (Å²) in [6.07, 6.45) is 1.10. The Kier molecular flexibility index (Phi) is 4.64. The maximum Gasteiger partial charge on any atom is 0.142 e. The number of anilines is 1. The minimum Gasteiger partial charge on any atom is -0.495 e. The fourth-order valence-corrected chi connectivity index (χ4v) is 3.06. The molecule has 1 heterocycles. The van der Waals surface area contributed by atoms with E-state index in [-0.39, 0.29) is 0 Å². The summed E-state index contributed by atoms with van der Waals surface area (Å²) in [5, 5.41) is 3.36. The Labute approximate surface area is 132 Å². The van der Waals surface area contributed by atoms with Crippen molar-refractivity contribution >= 4 is 5.69 Å². The Balaban J connectivity index is 1.83. The zero-order valence-electron chi connectivity index (χ0n) is 13.4. The van der Waals surface area contributed by atoms with E-state index in [9.17, 15) is 0 Å². The van der Waals surface area contributed by atoms with Gasteiger partial charge in [0.05, 0.1) is 12.8 Å². The number of hydrogen-bond donors (Lipinski definition) is 1. The lowest BCUT2D eigenvalue weighted by atomic mass is 9.99. The molecule has 0 amide bonds. The second kappa shape index (κ2) is 6.84. The van der Waals surface area contributed by atoms with E-state index in [1.165, 1.54) is 22.4 Å². The van der Waals surface area contributed by atoms with Gasteiger partial charge in [0, 0.05) is 19.6 Å². The van der Waals surface area contributed by atoms with Crippen LogP contribution in [0.25, 0.3) is 0 Å². The van der Waals surface area contributed by atoms with Crippen molar-refractivity contribution in [3.05, 3.63) is 59.2 Å². The Morgan fingerprint density at radius 1 is 1.14 bits per heavy atom. The molecule has 1 N–H and O–H groups in total. The molecule has 0 spiro atoms. The number of fused-ring (bicyclic) bond motifs is 1. The Hall–Kier alpha value is -2.00. The molecule has 2 aromatic carbocycles. The molecule has 3 heteroatoms. The average Bonchev–Trinajstić information content (AvgIpc) is 2.59. The normalized spacial score (nSPS) is 13.8. The van der Waals surface area contributed by atoms with E-state index < -0.39 is 0 Å². The first kappa shape index (κ1) is 14.9. The first-order chi connectivity index (χ1) is 10.8. The van der Waals surface area contributed by atoms with E-state index in [4.69, 9.17) is 4.74 Å². The monoisotopic (exact) mass is 296 g/mol. The third-order valence-electron chi connectivity index (χ3n) is 4.29. The second-order valence-corrected chi connectivity index (χ2v) is 5.73. The van der Waals surface area contributed by atoms with Gasteiger partial charge in [0.2, 0.25) is 0 Å². The lowest BCUT2D eigenvalue weighted by Crippen LogP contribution is -2.30. The highest BCUT2D eigenvalue weighted by atomic mass is 16.5. The maximum atomic E-state index is 5.64. The standard InChI is InChI=1S/C19H24N2O/c1-3-20-13-15-8-9-18(19(12-15)22-2)21-11-10-16-6-4-5-7-17(16)14-21/h4-9,12,20H,3,10-11,13-14H2,1-2H3. The molecule has 0 unspecified atom stereocenters. The SMILES string of the molecule is CCNCc1ccc(N2CCc3ccccc3C2)c(OC)c1. The molecule has 0 radical (unpaired) electrons. The molecule has 1 aliphatic rings. The van der Waals surface area contributed by atoms with Gasteiger partial charge in [-0.15, -0.1) is 0 Å². The lowest BCUT2D eigenvalue weighted by molar-refractivity contribution is 0.413. The van der Waals surface area contributed by atoms with Crippen molar-refractivity contribution in [2.45, 2.75) is 26.4 Å². The van der Waals surface area contributed by atoms with Crippen LogP contribution in [-0.2, 0) is 19.5 Å². The van der Waals surface area contributed by atoms with E-state index >= 15 is 0 Å². The maximum absolute atomic E-state index is 5.64. The summed E-state index contributed by atoms with van der Waals surface area (Å²) >= 11 is 0. The Morgan fingerprint density at radius 3 is 2.73 bits per heavy atom. The summed E-state index contributed by atoms with van der Waals surface area (Å²) in [7, 11) is 1.76. The number of methoxy groups -OCH3 is 1. The van der Waals surface area contributed by atoms with Crippen molar-refractivity contribution in [3.63, 3.8) is 0 Å². The molecule has 0 aromatic heterocycles. The van der Waals surface area contributed by atoms with Gasteiger partial charge in [0.15, 0.2) is 0 Å². The van der Waals surface area contributed by atoms with Crippen LogP contribution in [-0.4, -0.2) is 20.2 Å². The van der Waals surface area contributed by atoms with E-state index in [1.54, 1.807) is 7.11 Å². The smallest absolute Gasteiger partial charge is 0.142 e. The van der Waals surface area contributed by atoms with Crippen LogP contribution in [0.3, 0.4) is 0 Å². The van der Waals surface area contributed by atoms with E-state index in [0.717, 1.165) is 38.3 Å². The van der Waals surface area contributed by atoms with Crippen LogP contribution in [0.15, 0.2) is 42.5 Å². The van der Waals surface area contributed by atoms with Gasteiger partial charge in [-0.25, -0.2) is 0 Å². The quantitative estimate of drug-likeness (QED) is 0.915. The minimum absolute atomic E-state index is 0.885. The summed E-state index contributed by atoms with van der Waals surface area (Å²) in [5.41, 5.74) is 5.35. The highest BCUT2D eigenvalue weighted by molar-refractivity contribution is 5.61. The van der Waals surface area contributed by atoms with Gasteiger partial charge in [-0.05, 0) is 41.8 Å². The van der Waals surface area contributed by atoms with Crippen LogP contribution in [0, 0.1) is 0 Å². The number of hydrogen-bond acceptors (Lipinski definition) is 3. The largest absolute Gasteiger partial charge is 0.495 e. The van der Waals surface area contributed by atoms with E-state index in [0.29, 0.717) is 0 Å². The van der Waals surface area contributed by atoms with Crippen LogP contribution in [0.2, 0.25) is 0 Å². The predicted octanol–water partition coefficient (Wildman–Crippen LogP) is 3.37. The molecule has 3 nitrogen and oxygen atoms in total. The first-order valence-electron chi connectivity index (χ1n) is 8.01. The second-order valence-electron chi connectivity index (χ2n) is 5.73. The molecule has 1 aliphatic heterocycles. The summed E-state index contributed by atoms with van der Waals surface area (Å²) in [4.78, 5) is 2.41. The number of nitrogens with one attached hydrogen (secondary N) is 1. The average molecular weight is 296 g/mol. The highest BCUT2D eigenvalue weighted by Crippen LogP contribution is 2.33. The summed E-state index contributed by atoms with van der Waals surface area (Å²) < 4.78 is 5.64. The van der Waals surface area contributed by atoms with Gasteiger partial charge < -0.3 is 15.0 Å². The zero-order valence-corrected chi connectivity index (χ0v) is 13.4. The molecule has 0 saturated heterocycles. The third-order valence-corrected chi connectivity index (χ3v) is 4.29. The molecular formula is C19H24N2O. The molecule has 22 heavy (non-hydrogen) atoms. The fraction of sp³-hybridized carbons (Fsp3) is 0.368. The zero-order chi connectivity index (χ0) is 15.4. The van der Waals surface area contributed by atoms with Gasteiger partial charge in [-0.2, -0.15) is 0 Å². The van der Waals surface area contributed by atoms with Crippen molar-refractivity contribution in [3.8, 4) is 5.75 Å². The Morgan fingerprint density at radius 2 is 1.95 bits per heavy atom. The topological polar surface area (TPSA) is 24.5 Å². The molecule has 3 rings (SSSR count). The highest BCUT2D eigenvalue weighted by Gasteiger charge is 2.19. The van der Waals surface area contributed by atoms with Gasteiger partial charge in [0.1, 0.15) is 5.75 Å². The van der Waals surface area contributed by atoms with Crippen molar-refractivity contribution in [2.75, 3.05) is 25.1 Å². The van der Waals surface area contributed by atoms with E-state index in [1.807, 2.05) is 0 Å². The van der Waals surface area contributed by atoms with Gasteiger partial charge in [0.25, 0.3) is 0 Å². The molecule has 0 fully saturated rings. The van der Waals surface area contributed by atoms with Gasteiger partial charge >= 0.3 is 0 Å². The number of benzene rings is 2. The third kappa shape index (κ3) is 3.09. The van der Waals surface area contributed by atoms with E-state index in [2.05, 4.69) is 59.6 Å². The molecule has 0 saturated carbocycles. The van der Waals surface area contributed by atoms with Gasteiger partial charge in [-0.1, -0.05) is 37.3 Å². The van der Waals surface area contributed by atoms with Crippen LogP contribution in [0.1, 0.15) is 23.6 Å².